The van der Waals surface area contributed by atoms with Crippen molar-refractivity contribution in [2.45, 2.75) is 71.6 Å². The number of allylic oxidation sites excluding steroid dienone is 3. The van der Waals surface area contributed by atoms with Gasteiger partial charge in [0.15, 0.2) is 0 Å². The Bertz CT molecular complexity index is 583. The molecule has 1 aromatic carbocycles. The topological polar surface area (TPSA) is 0 Å². The Morgan fingerprint density at radius 2 is 1.64 bits per heavy atom. The fraction of sp³-hybridized carbons (Fsp3) is 0.520. The van der Waals surface area contributed by atoms with Crippen LogP contribution in [0.2, 0.25) is 0 Å². The van der Waals surface area contributed by atoms with Crippen LogP contribution in [0.25, 0.3) is 6.08 Å². The monoisotopic (exact) mass is 334 g/mol. The number of hydrogen-bond acceptors (Lipinski definition) is 0. The van der Waals surface area contributed by atoms with Gasteiger partial charge in [0.05, 0.1) is 0 Å². The van der Waals surface area contributed by atoms with Crippen LogP contribution in [0.3, 0.4) is 0 Å². The van der Waals surface area contributed by atoms with Crippen molar-refractivity contribution >= 4 is 6.08 Å². The lowest BCUT2D eigenvalue weighted by atomic mass is 9.81. The first-order chi connectivity index (χ1) is 12.3. The molecule has 0 spiro atoms. The molecular weight excluding hydrogens is 300 g/mol. The summed E-state index contributed by atoms with van der Waals surface area (Å²) in [6.45, 7) is 4.57. The van der Waals surface area contributed by atoms with Crippen molar-refractivity contribution in [3.63, 3.8) is 0 Å². The summed E-state index contributed by atoms with van der Waals surface area (Å²) >= 11 is 0. The Labute approximate surface area is 155 Å². The van der Waals surface area contributed by atoms with Crippen LogP contribution in [-0.4, -0.2) is 0 Å². The van der Waals surface area contributed by atoms with E-state index in [2.05, 4.69) is 68.2 Å². The van der Waals surface area contributed by atoms with Crippen molar-refractivity contribution in [2.24, 2.45) is 11.8 Å². The van der Waals surface area contributed by atoms with E-state index < -0.39 is 0 Å². The average molecular weight is 335 g/mol. The summed E-state index contributed by atoms with van der Waals surface area (Å²) in [5.74, 6) is 8.01. The van der Waals surface area contributed by atoms with Gasteiger partial charge in [-0.15, -0.1) is 0 Å². The lowest BCUT2D eigenvalue weighted by Crippen LogP contribution is -2.11. The third-order valence-corrected chi connectivity index (χ3v) is 5.41. The highest BCUT2D eigenvalue weighted by Crippen LogP contribution is 2.31. The molecule has 1 aliphatic carbocycles. The van der Waals surface area contributed by atoms with E-state index in [4.69, 9.17) is 0 Å². The maximum atomic E-state index is 3.16. The zero-order valence-corrected chi connectivity index (χ0v) is 16.1. The van der Waals surface area contributed by atoms with Crippen LogP contribution in [0.4, 0.5) is 0 Å². The first kappa shape index (κ1) is 19.6. The second-order valence-corrected chi connectivity index (χ2v) is 7.37. The summed E-state index contributed by atoms with van der Waals surface area (Å²) in [4.78, 5) is 0. The lowest BCUT2D eigenvalue weighted by molar-refractivity contribution is 0.304. The maximum absolute atomic E-state index is 3.16. The number of rotatable bonds is 7. The molecule has 1 fully saturated rings. The molecule has 0 atom stereocenters. The summed E-state index contributed by atoms with van der Waals surface area (Å²) in [5, 5.41) is 0. The van der Waals surface area contributed by atoms with Crippen LogP contribution in [0, 0.1) is 23.7 Å². The minimum atomic E-state index is 0.751. The molecular formula is C25H34. The third kappa shape index (κ3) is 7.78. The predicted octanol–water partition coefficient (Wildman–Crippen LogP) is 7.21. The predicted molar refractivity (Wildman–Crippen MR) is 111 cm³/mol. The fourth-order valence-electron chi connectivity index (χ4n) is 3.58. The van der Waals surface area contributed by atoms with E-state index in [0.29, 0.717) is 0 Å². The summed E-state index contributed by atoms with van der Waals surface area (Å²) in [6, 6.07) is 8.88. The highest BCUT2D eigenvalue weighted by molar-refractivity contribution is 5.53. The second-order valence-electron chi connectivity index (χ2n) is 7.37. The van der Waals surface area contributed by atoms with Gasteiger partial charge >= 0.3 is 0 Å². The molecule has 0 radical (unpaired) electrons. The molecule has 0 aromatic heterocycles. The van der Waals surface area contributed by atoms with E-state index in [1.807, 2.05) is 6.08 Å². The minimum absolute atomic E-state index is 0.751. The van der Waals surface area contributed by atoms with E-state index in [1.54, 1.807) is 0 Å². The molecule has 2 rings (SSSR count). The van der Waals surface area contributed by atoms with E-state index >= 15 is 0 Å². The number of unbranched alkanes of at least 4 members (excludes halogenated alkanes) is 2. The molecule has 0 aliphatic heterocycles. The highest BCUT2D eigenvalue weighted by Gasteiger charge is 2.17. The molecule has 0 amide bonds. The van der Waals surface area contributed by atoms with Crippen molar-refractivity contribution in [1.29, 1.82) is 0 Å². The molecule has 0 saturated heterocycles. The largest absolute Gasteiger partial charge is 0.0730 e. The molecule has 0 nitrogen and oxygen atoms in total. The maximum Gasteiger partial charge on any atom is -0.0109 e. The number of hydrogen-bond donors (Lipinski definition) is 0. The number of aryl methyl sites for hydroxylation is 1. The summed E-state index contributed by atoms with van der Waals surface area (Å²) in [5.41, 5.74) is 2.67. The van der Waals surface area contributed by atoms with E-state index in [-0.39, 0.29) is 0 Å². The van der Waals surface area contributed by atoms with Gasteiger partial charge in [-0.2, -0.15) is 0 Å². The Morgan fingerprint density at radius 1 is 0.920 bits per heavy atom. The van der Waals surface area contributed by atoms with Gasteiger partial charge in [0.25, 0.3) is 0 Å². The van der Waals surface area contributed by atoms with Crippen molar-refractivity contribution in [3.8, 4) is 11.8 Å². The summed E-state index contributed by atoms with van der Waals surface area (Å²) in [6.07, 6.45) is 20.4. The van der Waals surface area contributed by atoms with Gasteiger partial charge in [-0.05, 0) is 79.7 Å². The molecule has 0 heterocycles. The quantitative estimate of drug-likeness (QED) is 0.365. The van der Waals surface area contributed by atoms with Crippen LogP contribution in [0.5, 0.6) is 0 Å². The standard InChI is InChI=1S/C25H34/c1-3-5-8-11-23-18-20-25(21-19-23)13-10-7-6-9-12-24-16-14-22(4-2)15-17-24/h9-10,12-13,18-22,24H,3-5,8,11,14-17H2,1-2H3. The molecule has 134 valence electrons. The van der Waals surface area contributed by atoms with Crippen LogP contribution >= 0.6 is 0 Å². The normalized spacial score (nSPS) is 20.7. The molecule has 0 N–H and O–H groups in total. The van der Waals surface area contributed by atoms with Gasteiger partial charge in [0.1, 0.15) is 0 Å². The first-order valence-corrected chi connectivity index (χ1v) is 10.2. The van der Waals surface area contributed by atoms with Crippen LogP contribution in [-0.2, 0) is 6.42 Å². The van der Waals surface area contributed by atoms with E-state index in [1.165, 1.54) is 68.9 Å². The molecule has 1 saturated carbocycles. The van der Waals surface area contributed by atoms with Gasteiger partial charge < -0.3 is 0 Å². The Kier molecular flexibility index (Phi) is 9.21. The molecule has 1 aliphatic rings. The van der Waals surface area contributed by atoms with Crippen LogP contribution < -0.4 is 0 Å². The fourth-order valence-corrected chi connectivity index (χ4v) is 3.58. The van der Waals surface area contributed by atoms with E-state index in [0.717, 1.165) is 11.8 Å². The number of benzene rings is 1. The molecule has 0 heteroatoms. The Balaban J connectivity index is 1.72. The smallest absolute Gasteiger partial charge is 0.0109 e. The van der Waals surface area contributed by atoms with Gasteiger partial charge in [-0.3, -0.25) is 0 Å². The van der Waals surface area contributed by atoms with Crippen LogP contribution in [0.15, 0.2) is 42.5 Å². The van der Waals surface area contributed by atoms with Gasteiger partial charge in [-0.25, -0.2) is 0 Å². The lowest BCUT2D eigenvalue weighted by Gasteiger charge is -2.25. The summed E-state index contributed by atoms with van der Waals surface area (Å²) in [7, 11) is 0. The zero-order chi connectivity index (χ0) is 17.7. The van der Waals surface area contributed by atoms with Crippen molar-refractivity contribution < 1.29 is 0 Å². The zero-order valence-electron chi connectivity index (χ0n) is 16.1. The van der Waals surface area contributed by atoms with Crippen molar-refractivity contribution in [2.75, 3.05) is 0 Å². The highest BCUT2D eigenvalue weighted by atomic mass is 14.2. The third-order valence-electron chi connectivity index (χ3n) is 5.41. The minimum Gasteiger partial charge on any atom is -0.0730 e. The van der Waals surface area contributed by atoms with Crippen molar-refractivity contribution in [1.82, 2.24) is 0 Å². The molecule has 0 unspecified atom stereocenters. The average Bonchev–Trinajstić information content (AvgIpc) is 2.66. The van der Waals surface area contributed by atoms with Crippen molar-refractivity contribution in [3.05, 3.63) is 53.6 Å². The summed E-state index contributed by atoms with van der Waals surface area (Å²) < 4.78 is 0. The van der Waals surface area contributed by atoms with Gasteiger partial charge in [0, 0.05) is 0 Å². The second kappa shape index (κ2) is 11.8. The molecule has 1 aromatic rings. The van der Waals surface area contributed by atoms with E-state index in [9.17, 15) is 0 Å². The first-order valence-electron chi connectivity index (χ1n) is 10.2. The Morgan fingerprint density at radius 3 is 2.32 bits per heavy atom. The molecule has 25 heavy (non-hydrogen) atoms. The van der Waals surface area contributed by atoms with Crippen LogP contribution in [0.1, 0.15) is 76.3 Å². The van der Waals surface area contributed by atoms with Gasteiger partial charge in [-0.1, -0.05) is 75.3 Å². The SMILES string of the molecule is CCCCCc1ccc(C=CC#CC=CC2CCC(CC)CC2)cc1. The molecule has 0 bridgehead atoms. The Hall–Kier alpha value is -1.74. The van der Waals surface area contributed by atoms with Gasteiger partial charge in [0.2, 0.25) is 0 Å².